The van der Waals surface area contributed by atoms with Gasteiger partial charge in [-0.1, -0.05) is 80.9 Å². The van der Waals surface area contributed by atoms with Gasteiger partial charge in [-0.25, -0.2) is 4.68 Å². The van der Waals surface area contributed by atoms with E-state index in [0.717, 1.165) is 22.4 Å². The number of aromatic nitrogens is 3. The van der Waals surface area contributed by atoms with E-state index in [9.17, 15) is 4.79 Å². The maximum atomic E-state index is 13.7. The van der Waals surface area contributed by atoms with Gasteiger partial charge >= 0.3 is 0 Å². The second-order valence-electron chi connectivity index (χ2n) is 10.7. The van der Waals surface area contributed by atoms with Crippen LogP contribution in [0.2, 0.25) is 0 Å². The van der Waals surface area contributed by atoms with E-state index in [0.29, 0.717) is 29.6 Å². The number of carbonyl (C=O) groups is 1. The van der Waals surface area contributed by atoms with Gasteiger partial charge < -0.3 is 15.4 Å². The number of para-hydroxylation sites is 1. The molecule has 38 heavy (non-hydrogen) atoms. The van der Waals surface area contributed by atoms with E-state index in [4.69, 9.17) is 4.74 Å². The summed E-state index contributed by atoms with van der Waals surface area (Å²) in [7, 11) is 0. The van der Waals surface area contributed by atoms with Gasteiger partial charge in [-0.3, -0.25) is 4.79 Å². The second-order valence-corrected chi connectivity index (χ2v) is 10.7. The average molecular weight is 508 g/mol. The molecule has 1 aliphatic rings. The topological polar surface area (TPSA) is 81.1 Å². The molecule has 0 fully saturated rings. The molecule has 1 atom stereocenters. The summed E-state index contributed by atoms with van der Waals surface area (Å²) in [6.07, 6.45) is 1.49. The molecule has 194 valence electrons. The number of benzene rings is 3. The lowest BCUT2D eigenvalue weighted by molar-refractivity contribution is -0.113. The Kier molecular flexibility index (Phi) is 6.76. The van der Waals surface area contributed by atoms with Gasteiger partial charge in [0.2, 0.25) is 5.95 Å². The van der Waals surface area contributed by atoms with Crippen LogP contribution in [-0.4, -0.2) is 20.7 Å². The Balaban J connectivity index is 1.46. The van der Waals surface area contributed by atoms with E-state index >= 15 is 0 Å². The average Bonchev–Trinajstić information content (AvgIpc) is 3.36. The molecule has 1 amide bonds. The Morgan fingerprint density at radius 1 is 1.00 bits per heavy atom. The van der Waals surface area contributed by atoms with Gasteiger partial charge in [0.25, 0.3) is 5.91 Å². The number of carbonyl (C=O) groups excluding carboxylic acids is 1. The van der Waals surface area contributed by atoms with Gasteiger partial charge in [-0.2, -0.15) is 10.1 Å². The van der Waals surface area contributed by atoms with Crippen molar-refractivity contribution in [3.05, 3.63) is 113 Å². The quantitative estimate of drug-likeness (QED) is 0.316. The fraction of sp³-hybridized carbons (Fsp3) is 0.258. The number of aryl methyl sites for hydroxylation is 1. The van der Waals surface area contributed by atoms with Crippen LogP contribution in [0.25, 0.3) is 0 Å². The molecular formula is C31H33N5O2. The standard InChI is InChI=1S/C31H33N5O2/c1-20-10-16-24(17-11-20)35-29(37)27-21(2)34-30-32-19-33-36(30)28(27)25-8-6-7-9-26(25)38-18-22-12-14-23(15-13-22)31(3,4)5/h6-17,19,28H,18H2,1-5H3,(H,35,37)(H,32,33,34). The number of nitrogens with zero attached hydrogens (tertiary/aromatic N) is 3. The molecule has 7 nitrogen and oxygen atoms in total. The third kappa shape index (κ3) is 5.18. The minimum atomic E-state index is -0.515. The van der Waals surface area contributed by atoms with E-state index in [1.807, 2.05) is 62.4 Å². The molecular weight excluding hydrogens is 474 g/mol. The number of ether oxygens (including phenoxy) is 1. The van der Waals surface area contributed by atoms with Gasteiger partial charge in [0.15, 0.2) is 0 Å². The van der Waals surface area contributed by atoms with Crippen LogP contribution in [0.5, 0.6) is 5.75 Å². The largest absolute Gasteiger partial charge is 0.489 e. The summed E-state index contributed by atoms with van der Waals surface area (Å²) in [6.45, 7) is 10.9. The fourth-order valence-electron chi connectivity index (χ4n) is 4.61. The van der Waals surface area contributed by atoms with Crippen LogP contribution in [0.4, 0.5) is 11.6 Å². The zero-order valence-electron chi connectivity index (χ0n) is 22.4. The minimum Gasteiger partial charge on any atom is -0.489 e. The molecule has 0 aliphatic carbocycles. The molecule has 0 spiro atoms. The molecule has 1 aromatic heterocycles. The lowest BCUT2D eigenvalue weighted by atomic mass is 9.87. The van der Waals surface area contributed by atoms with E-state index < -0.39 is 6.04 Å². The number of amides is 1. The third-order valence-corrected chi connectivity index (χ3v) is 6.78. The molecule has 2 N–H and O–H groups in total. The van der Waals surface area contributed by atoms with Crippen molar-refractivity contribution in [3.8, 4) is 5.75 Å². The first-order valence-electron chi connectivity index (χ1n) is 12.8. The van der Waals surface area contributed by atoms with Crippen LogP contribution >= 0.6 is 0 Å². The Hall–Kier alpha value is -4.39. The number of nitrogens with one attached hydrogen (secondary N) is 2. The molecule has 1 unspecified atom stereocenters. The molecule has 0 bridgehead atoms. The van der Waals surface area contributed by atoms with Crippen LogP contribution in [-0.2, 0) is 16.8 Å². The maximum absolute atomic E-state index is 13.7. The minimum absolute atomic E-state index is 0.0935. The lowest BCUT2D eigenvalue weighted by Gasteiger charge is -2.29. The molecule has 0 radical (unpaired) electrons. The predicted molar refractivity (Wildman–Crippen MR) is 150 cm³/mol. The van der Waals surface area contributed by atoms with E-state index in [1.165, 1.54) is 11.9 Å². The van der Waals surface area contributed by atoms with Crippen molar-refractivity contribution in [2.24, 2.45) is 0 Å². The highest BCUT2D eigenvalue weighted by Crippen LogP contribution is 2.39. The lowest BCUT2D eigenvalue weighted by Crippen LogP contribution is -2.31. The van der Waals surface area contributed by atoms with Crippen LogP contribution < -0.4 is 15.4 Å². The fourth-order valence-corrected chi connectivity index (χ4v) is 4.61. The van der Waals surface area contributed by atoms with E-state index in [-0.39, 0.29) is 11.3 Å². The molecule has 4 aromatic rings. The molecule has 1 aliphatic heterocycles. The first-order chi connectivity index (χ1) is 18.2. The van der Waals surface area contributed by atoms with Crippen molar-refractivity contribution in [3.63, 3.8) is 0 Å². The van der Waals surface area contributed by atoms with Gasteiger partial charge in [0.05, 0.1) is 5.57 Å². The first-order valence-corrected chi connectivity index (χ1v) is 12.8. The maximum Gasteiger partial charge on any atom is 0.255 e. The molecule has 3 aromatic carbocycles. The van der Waals surface area contributed by atoms with Crippen molar-refractivity contribution in [2.75, 3.05) is 10.6 Å². The Morgan fingerprint density at radius 2 is 1.71 bits per heavy atom. The van der Waals surface area contributed by atoms with Gasteiger partial charge in [0.1, 0.15) is 24.7 Å². The SMILES string of the molecule is CC1=C(C(=O)Nc2ccc(C)cc2)C(c2ccccc2OCc2ccc(C(C)(C)C)cc2)n2ncnc2N1. The Bertz CT molecular complexity index is 1480. The van der Waals surface area contributed by atoms with Crippen LogP contribution in [0.3, 0.4) is 0 Å². The summed E-state index contributed by atoms with van der Waals surface area (Å²) >= 11 is 0. The summed E-state index contributed by atoms with van der Waals surface area (Å²) < 4.78 is 8.09. The molecule has 0 saturated carbocycles. The number of hydrogen-bond donors (Lipinski definition) is 2. The van der Waals surface area contributed by atoms with E-state index in [1.54, 1.807) is 4.68 Å². The smallest absolute Gasteiger partial charge is 0.255 e. The Labute approximate surface area is 223 Å². The molecule has 5 rings (SSSR count). The normalized spacial score (nSPS) is 15.0. The third-order valence-electron chi connectivity index (χ3n) is 6.78. The van der Waals surface area contributed by atoms with Gasteiger partial charge in [-0.15, -0.1) is 0 Å². The van der Waals surface area contributed by atoms with Gasteiger partial charge in [0, 0.05) is 16.9 Å². The summed E-state index contributed by atoms with van der Waals surface area (Å²) in [6, 6.07) is 23.5. The van der Waals surface area contributed by atoms with Crippen LogP contribution in [0, 0.1) is 6.92 Å². The highest BCUT2D eigenvalue weighted by Gasteiger charge is 2.35. The van der Waals surface area contributed by atoms with E-state index in [2.05, 4.69) is 65.8 Å². The number of hydrogen-bond acceptors (Lipinski definition) is 5. The van der Waals surface area contributed by atoms with Crippen molar-refractivity contribution in [1.82, 2.24) is 14.8 Å². The molecule has 7 heteroatoms. The van der Waals surface area contributed by atoms with Crippen molar-refractivity contribution in [1.29, 1.82) is 0 Å². The monoisotopic (exact) mass is 507 g/mol. The zero-order chi connectivity index (χ0) is 26.9. The number of rotatable bonds is 6. The zero-order valence-corrected chi connectivity index (χ0v) is 22.4. The number of allylic oxidation sites excluding steroid dienone is 1. The second kappa shape index (κ2) is 10.2. The van der Waals surface area contributed by atoms with Gasteiger partial charge in [-0.05, 0) is 48.6 Å². The predicted octanol–water partition coefficient (Wildman–Crippen LogP) is 6.39. The molecule has 0 saturated heterocycles. The summed E-state index contributed by atoms with van der Waals surface area (Å²) in [5, 5.41) is 10.7. The Morgan fingerprint density at radius 3 is 2.42 bits per heavy atom. The molecule has 2 heterocycles. The van der Waals surface area contributed by atoms with Crippen LogP contribution in [0.15, 0.2) is 90.4 Å². The summed E-state index contributed by atoms with van der Waals surface area (Å²) in [4.78, 5) is 18.0. The van der Waals surface area contributed by atoms with Crippen LogP contribution in [0.1, 0.15) is 56.0 Å². The summed E-state index contributed by atoms with van der Waals surface area (Å²) in [5.41, 5.74) is 6.40. The highest BCUT2D eigenvalue weighted by atomic mass is 16.5. The number of fused-ring (bicyclic) bond motifs is 1. The highest BCUT2D eigenvalue weighted by molar-refractivity contribution is 6.06. The van der Waals surface area contributed by atoms with Crippen molar-refractivity contribution >= 4 is 17.5 Å². The number of anilines is 2. The first kappa shape index (κ1) is 25.3. The van der Waals surface area contributed by atoms with Crippen molar-refractivity contribution < 1.29 is 9.53 Å². The summed E-state index contributed by atoms with van der Waals surface area (Å²) in [5.74, 6) is 1.05. The van der Waals surface area contributed by atoms with Crippen molar-refractivity contribution in [2.45, 2.75) is 52.7 Å².